The fraction of sp³-hybridized carbons (Fsp3) is 0.571. The van der Waals surface area contributed by atoms with Crippen molar-refractivity contribution < 1.29 is 5.11 Å². The molecule has 1 aromatic carbocycles. The average Bonchev–Trinajstić information content (AvgIpc) is 2.98. The molecule has 1 unspecified atom stereocenters. The zero-order chi connectivity index (χ0) is 10.3. The second kappa shape index (κ2) is 3.64. The van der Waals surface area contributed by atoms with Crippen molar-refractivity contribution in [3.63, 3.8) is 0 Å². The standard InChI is InChI=1S/C14H18O/c15-14(11-3-1-4-11)13-6-2-5-12(9-13)10-7-8-10/h2,5-6,9-11,14-15H,1,3-4,7-8H2. The van der Waals surface area contributed by atoms with E-state index in [0.29, 0.717) is 5.92 Å². The van der Waals surface area contributed by atoms with Gasteiger partial charge in [0, 0.05) is 0 Å². The molecule has 0 saturated heterocycles. The first-order chi connectivity index (χ1) is 7.34. The van der Waals surface area contributed by atoms with Crippen LogP contribution in [0.2, 0.25) is 0 Å². The lowest BCUT2D eigenvalue weighted by Crippen LogP contribution is -2.19. The monoisotopic (exact) mass is 202 g/mol. The summed E-state index contributed by atoms with van der Waals surface area (Å²) >= 11 is 0. The first-order valence-corrected chi connectivity index (χ1v) is 6.12. The summed E-state index contributed by atoms with van der Waals surface area (Å²) in [6.45, 7) is 0. The average molecular weight is 202 g/mol. The van der Waals surface area contributed by atoms with Crippen LogP contribution in [0.5, 0.6) is 0 Å². The van der Waals surface area contributed by atoms with Gasteiger partial charge < -0.3 is 5.11 Å². The summed E-state index contributed by atoms with van der Waals surface area (Å²) in [5, 5.41) is 10.2. The maximum atomic E-state index is 10.2. The van der Waals surface area contributed by atoms with Crippen LogP contribution in [0, 0.1) is 5.92 Å². The van der Waals surface area contributed by atoms with Gasteiger partial charge in [0.1, 0.15) is 0 Å². The van der Waals surface area contributed by atoms with Crippen molar-refractivity contribution in [3.8, 4) is 0 Å². The minimum Gasteiger partial charge on any atom is -0.388 e. The molecule has 15 heavy (non-hydrogen) atoms. The first kappa shape index (κ1) is 9.41. The molecule has 1 N–H and O–H groups in total. The first-order valence-electron chi connectivity index (χ1n) is 6.12. The van der Waals surface area contributed by atoms with Gasteiger partial charge in [-0.1, -0.05) is 30.7 Å². The van der Waals surface area contributed by atoms with Crippen molar-refractivity contribution in [2.24, 2.45) is 5.92 Å². The highest BCUT2D eigenvalue weighted by Crippen LogP contribution is 2.42. The molecule has 0 spiro atoms. The SMILES string of the molecule is OC(c1cccc(C2CC2)c1)C1CCC1. The van der Waals surface area contributed by atoms with E-state index in [2.05, 4.69) is 24.3 Å². The van der Waals surface area contributed by atoms with E-state index in [1.807, 2.05) is 0 Å². The Balaban J connectivity index is 1.80. The molecule has 3 rings (SSSR count). The van der Waals surface area contributed by atoms with Crippen molar-refractivity contribution in [3.05, 3.63) is 35.4 Å². The van der Waals surface area contributed by atoms with Crippen molar-refractivity contribution in [1.29, 1.82) is 0 Å². The zero-order valence-corrected chi connectivity index (χ0v) is 9.02. The van der Waals surface area contributed by atoms with Crippen LogP contribution in [0.1, 0.15) is 55.3 Å². The normalized spacial score (nSPS) is 23.5. The Morgan fingerprint density at radius 1 is 1.13 bits per heavy atom. The summed E-state index contributed by atoms with van der Waals surface area (Å²) < 4.78 is 0. The molecule has 0 radical (unpaired) electrons. The van der Waals surface area contributed by atoms with Crippen LogP contribution < -0.4 is 0 Å². The fourth-order valence-electron chi connectivity index (χ4n) is 2.44. The van der Waals surface area contributed by atoms with Crippen molar-refractivity contribution in [2.45, 2.75) is 44.1 Å². The number of aliphatic hydroxyl groups excluding tert-OH is 1. The minimum absolute atomic E-state index is 0.211. The molecule has 80 valence electrons. The molecule has 0 amide bonds. The Hall–Kier alpha value is -0.820. The van der Waals surface area contributed by atoms with Crippen molar-refractivity contribution >= 4 is 0 Å². The van der Waals surface area contributed by atoms with Gasteiger partial charge in [0.25, 0.3) is 0 Å². The molecule has 1 nitrogen and oxygen atoms in total. The highest BCUT2D eigenvalue weighted by Gasteiger charge is 2.28. The van der Waals surface area contributed by atoms with Crippen LogP contribution in [-0.2, 0) is 0 Å². The molecule has 0 heterocycles. The highest BCUT2D eigenvalue weighted by molar-refractivity contribution is 5.30. The number of aliphatic hydroxyl groups is 1. The summed E-state index contributed by atoms with van der Waals surface area (Å²) in [6, 6.07) is 8.61. The van der Waals surface area contributed by atoms with Crippen LogP contribution in [-0.4, -0.2) is 5.11 Å². The predicted molar refractivity (Wildman–Crippen MR) is 60.7 cm³/mol. The molecule has 1 aromatic rings. The van der Waals surface area contributed by atoms with Crippen LogP contribution in [0.25, 0.3) is 0 Å². The van der Waals surface area contributed by atoms with Gasteiger partial charge in [0.05, 0.1) is 6.10 Å². The highest BCUT2D eigenvalue weighted by atomic mass is 16.3. The summed E-state index contributed by atoms with van der Waals surface area (Å²) in [6.07, 6.45) is 6.16. The van der Waals surface area contributed by atoms with E-state index in [-0.39, 0.29) is 6.10 Å². The smallest absolute Gasteiger partial charge is 0.0818 e. The molecule has 0 aromatic heterocycles. The lowest BCUT2D eigenvalue weighted by atomic mass is 9.78. The zero-order valence-electron chi connectivity index (χ0n) is 9.02. The van der Waals surface area contributed by atoms with Gasteiger partial charge in [-0.05, 0) is 48.6 Å². The van der Waals surface area contributed by atoms with Gasteiger partial charge in [0.15, 0.2) is 0 Å². The Bertz CT molecular complexity index is 350. The Labute approximate surface area is 91.1 Å². The lowest BCUT2D eigenvalue weighted by molar-refractivity contribution is 0.0620. The van der Waals surface area contributed by atoms with Crippen molar-refractivity contribution in [2.75, 3.05) is 0 Å². The molecule has 2 aliphatic rings. The maximum Gasteiger partial charge on any atom is 0.0818 e. The second-order valence-electron chi connectivity index (χ2n) is 5.08. The summed E-state index contributed by atoms with van der Waals surface area (Å²) in [5.41, 5.74) is 2.58. The van der Waals surface area contributed by atoms with Crippen LogP contribution in [0.15, 0.2) is 24.3 Å². The van der Waals surface area contributed by atoms with Crippen LogP contribution >= 0.6 is 0 Å². The fourth-order valence-corrected chi connectivity index (χ4v) is 2.44. The van der Waals surface area contributed by atoms with E-state index < -0.39 is 0 Å². The van der Waals surface area contributed by atoms with E-state index in [1.165, 1.54) is 37.7 Å². The molecule has 0 bridgehead atoms. The van der Waals surface area contributed by atoms with E-state index in [9.17, 15) is 5.11 Å². The maximum absolute atomic E-state index is 10.2. The third-order valence-electron chi connectivity index (χ3n) is 3.90. The number of hydrogen-bond donors (Lipinski definition) is 1. The predicted octanol–water partition coefficient (Wildman–Crippen LogP) is 3.40. The van der Waals surface area contributed by atoms with Gasteiger partial charge in [-0.25, -0.2) is 0 Å². The molecular formula is C14H18O. The number of rotatable bonds is 3. The van der Waals surface area contributed by atoms with Gasteiger partial charge in [0.2, 0.25) is 0 Å². The quantitative estimate of drug-likeness (QED) is 0.796. The summed E-state index contributed by atoms with van der Waals surface area (Å²) in [4.78, 5) is 0. The van der Waals surface area contributed by atoms with E-state index >= 15 is 0 Å². The molecule has 2 fully saturated rings. The molecule has 1 atom stereocenters. The summed E-state index contributed by atoms with van der Waals surface area (Å²) in [7, 11) is 0. The molecule has 2 saturated carbocycles. The Morgan fingerprint density at radius 3 is 2.53 bits per heavy atom. The van der Waals surface area contributed by atoms with Crippen LogP contribution in [0.3, 0.4) is 0 Å². The molecule has 1 heteroatoms. The Kier molecular flexibility index (Phi) is 2.28. The van der Waals surface area contributed by atoms with Gasteiger partial charge in [-0.2, -0.15) is 0 Å². The van der Waals surface area contributed by atoms with E-state index in [0.717, 1.165) is 11.5 Å². The number of benzene rings is 1. The second-order valence-corrected chi connectivity index (χ2v) is 5.08. The van der Waals surface area contributed by atoms with Crippen LogP contribution in [0.4, 0.5) is 0 Å². The van der Waals surface area contributed by atoms with Gasteiger partial charge >= 0.3 is 0 Å². The lowest BCUT2D eigenvalue weighted by Gasteiger charge is -2.30. The summed E-state index contributed by atoms with van der Waals surface area (Å²) in [5.74, 6) is 1.32. The third kappa shape index (κ3) is 1.81. The largest absolute Gasteiger partial charge is 0.388 e. The molecular weight excluding hydrogens is 184 g/mol. The number of hydrogen-bond acceptors (Lipinski definition) is 1. The molecule has 0 aliphatic heterocycles. The minimum atomic E-state index is -0.211. The molecule has 2 aliphatic carbocycles. The van der Waals surface area contributed by atoms with E-state index in [1.54, 1.807) is 0 Å². The third-order valence-corrected chi connectivity index (χ3v) is 3.90. The van der Waals surface area contributed by atoms with Crippen molar-refractivity contribution in [1.82, 2.24) is 0 Å². The van der Waals surface area contributed by atoms with Gasteiger partial charge in [-0.3, -0.25) is 0 Å². The topological polar surface area (TPSA) is 20.2 Å². The Morgan fingerprint density at radius 2 is 1.93 bits per heavy atom. The van der Waals surface area contributed by atoms with E-state index in [4.69, 9.17) is 0 Å². The van der Waals surface area contributed by atoms with Gasteiger partial charge in [-0.15, -0.1) is 0 Å².